The fourth-order valence-corrected chi connectivity index (χ4v) is 8.68. The number of ether oxygens (including phenoxy) is 6. The predicted molar refractivity (Wildman–Crippen MR) is 193 cm³/mol. The van der Waals surface area contributed by atoms with Gasteiger partial charge in [0.1, 0.15) is 5.75 Å². The molecule has 1 aliphatic carbocycles. The van der Waals surface area contributed by atoms with Crippen molar-refractivity contribution in [1.29, 1.82) is 0 Å². The van der Waals surface area contributed by atoms with Gasteiger partial charge in [0.25, 0.3) is 0 Å². The first-order valence-corrected chi connectivity index (χ1v) is 18.0. The van der Waals surface area contributed by atoms with Crippen molar-refractivity contribution < 1.29 is 42.8 Å². The van der Waals surface area contributed by atoms with Crippen LogP contribution in [-0.4, -0.2) is 75.9 Å². The molecule has 2 fully saturated rings. The third kappa shape index (κ3) is 7.04. The highest BCUT2D eigenvalue weighted by Crippen LogP contribution is 2.51. The molecule has 1 saturated heterocycles. The van der Waals surface area contributed by atoms with Crippen LogP contribution in [-0.2, 0) is 31.9 Å². The number of H-pyrrole nitrogens is 1. The molecular weight excluding hydrogens is 688 g/mol. The lowest BCUT2D eigenvalue weighted by molar-refractivity contribution is -0.154. The number of carbonyl (C=O) groups excluding carboxylic acids is 3. The lowest BCUT2D eigenvalue weighted by atomic mass is 9.63. The van der Waals surface area contributed by atoms with E-state index in [1.165, 1.54) is 50.1 Å². The van der Waals surface area contributed by atoms with E-state index in [4.69, 9.17) is 40.0 Å². The molecule has 12 heteroatoms. The van der Waals surface area contributed by atoms with Gasteiger partial charge in [-0.1, -0.05) is 23.7 Å². The number of rotatable bonds is 10. The molecule has 7 rings (SSSR count). The minimum Gasteiger partial charge on any atom is -0.497 e. The van der Waals surface area contributed by atoms with Crippen molar-refractivity contribution in [3.63, 3.8) is 0 Å². The van der Waals surface area contributed by atoms with E-state index in [-0.39, 0.29) is 71.5 Å². The van der Waals surface area contributed by atoms with Crippen LogP contribution >= 0.6 is 11.6 Å². The molecule has 0 spiro atoms. The molecule has 274 valence electrons. The molecule has 3 aromatic carbocycles. The Kier molecular flexibility index (Phi) is 10.3. The van der Waals surface area contributed by atoms with Crippen LogP contribution < -0.4 is 18.9 Å². The van der Waals surface area contributed by atoms with Crippen LogP contribution in [0, 0.1) is 23.7 Å². The number of methoxy groups -OCH3 is 4. The second-order valence-electron chi connectivity index (χ2n) is 13.9. The Morgan fingerprint density at radius 3 is 2.35 bits per heavy atom. The van der Waals surface area contributed by atoms with Crippen molar-refractivity contribution in [2.24, 2.45) is 23.7 Å². The molecule has 52 heavy (non-hydrogen) atoms. The number of halogens is 1. The fraction of sp³-hybridized carbons (Fsp3) is 0.425. The number of nitrogens with one attached hydrogen (secondary N) is 1. The third-order valence-corrected chi connectivity index (χ3v) is 11.3. The first kappa shape index (κ1) is 35.7. The Hall–Kier alpha value is -4.74. The zero-order valence-electron chi connectivity index (χ0n) is 29.7. The smallest absolute Gasteiger partial charge is 0.338 e. The van der Waals surface area contributed by atoms with Gasteiger partial charge >= 0.3 is 17.9 Å². The van der Waals surface area contributed by atoms with E-state index in [1.807, 2.05) is 12.1 Å². The number of aromatic nitrogens is 1. The minimum absolute atomic E-state index is 0.00118. The molecule has 0 bridgehead atoms. The summed E-state index contributed by atoms with van der Waals surface area (Å²) >= 11 is 5.96. The number of piperidine rings is 1. The summed E-state index contributed by atoms with van der Waals surface area (Å²) in [7, 11) is 5.95. The number of aromatic amines is 1. The molecule has 3 aliphatic rings. The molecule has 1 saturated carbocycles. The van der Waals surface area contributed by atoms with Gasteiger partial charge in [-0.15, -0.1) is 0 Å². The molecule has 2 aliphatic heterocycles. The van der Waals surface area contributed by atoms with E-state index >= 15 is 0 Å². The summed E-state index contributed by atoms with van der Waals surface area (Å²) in [6.07, 6.45) is 3.20. The van der Waals surface area contributed by atoms with Crippen LogP contribution in [0.25, 0.3) is 10.9 Å². The number of hydrogen-bond acceptors (Lipinski definition) is 10. The topological polar surface area (TPSA) is 126 Å². The Bertz CT molecular complexity index is 1950. The van der Waals surface area contributed by atoms with Crippen LogP contribution in [0.4, 0.5) is 0 Å². The molecule has 3 heterocycles. The summed E-state index contributed by atoms with van der Waals surface area (Å²) in [6, 6.07) is 16.2. The molecule has 4 aromatic rings. The van der Waals surface area contributed by atoms with E-state index < -0.39 is 11.9 Å². The predicted octanol–water partition coefficient (Wildman–Crippen LogP) is 6.59. The van der Waals surface area contributed by atoms with E-state index in [0.717, 1.165) is 49.2 Å². The first-order valence-electron chi connectivity index (χ1n) is 17.6. The maximum absolute atomic E-state index is 13.4. The van der Waals surface area contributed by atoms with Crippen molar-refractivity contribution >= 4 is 40.4 Å². The average molecular weight is 731 g/mol. The minimum atomic E-state index is -0.574. The maximum Gasteiger partial charge on any atom is 0.338 e. The van der Waals surface area contributed by atoms with E-state index in [9.17, 15) is 14.4 Å². The van der Waals surface area contributed by atoms with Crippen molar-refractivity contribution in [3.8, 4) is 23.0 Å². The Balaban J connectivity index is 1.03. The number of fused-ring (bicyclic) bond motifs is 6. The average Bonchev–Trinajstić information content (AvgIpc) is 3.54. The number of benzene rings is 3. The zero-order chi connectivity index (χ0) is 36.5. The zero-order valence-corrected chi connectivity index (χ0v) is 30.5. The van der Waals surface area contributed by atoms with E-state index in [2.05, 4.69) is 16.0 Å². The molecule has 1 N–H and O–H groups in total. The van der Waals surface area contributed by atoms with Crippen LogP contribution in [0.3, 0.4) is 0 Å². The number of hydrogen-bond donors (Lipinski definition) is 1. The van der Waals surface area contributed by atoms with Crippen LogP contribution in [0.1, 0.15) is 52.5 Å². The normalized spacial score (nSPS) is 22.4. The van der Waals surface area contributed by atoms with Gasteiger partial charge in [0.15, 0.2) is 11.5 Å². The molecule has 5 atom stereocenters. The van der Waals surface area contributed by atoms with Gasteiger partial charge in [0, 0.05) is 40.8 Å². The van der Waals surface area contributed by atoms with Crippen LogP contribution in [0.15, 0.2) is 54.6 Å². The summed E-state index contributed by atoms with van der Waals surface area (Å²) in [5, 5.41) is 1.79. The van der Waals surface area contributed by atoms with Gasteiger partial charge in [-0.25, -0.2) is 4.79 Å². The molecule has 0 amide bonds. The van der Waals surface area contributed by atoms with Gasteiger partial charge in [-0.3, -0.25) is 14.5 Å². The van der Waals surface area contributed by atoms with Crippen LogP contribution in [0.5, 0.6) is 23.0 Å². The van der Waals surface area contributed by atoms with Crippen molar-refractivity contribution in [2.45, 2.75) is 38.1 Å². The monoisotopic (exact) mass is 730 g/mol. The van der Waals surface area contributed by atoms with E-state index in [1.54, 1.807) is 31.4 Å². The van der Waals surface area contributed by atoms with Crippen molar-refractivity contribution in [1.82, 2.24) is 9.88 Å². The number of carbonyl (C=O) groups is 3. The largest absolute Gasteiger partial charge is 0.497 e. The molecule has 1 unspecified atom stereocenters. The highest BCUT2D eigenvalue weighted by atomic mass is 35.5. The van der Waals surface area contributed by atoms with Gasteiger partial charge in [-0.05, 0) is 91.0 Å². The second kappa shape index (κ2) is 15.1. The summed E-state index contributed by atoms with van der Waals surface area (Å²) in [4.78, 5) is 45.7. The van der Waals surface area contributed by atoms with E-state index in [0.29, 0.717) is 11.4 Å². The lowest BCUT2D eigenvalue weighted by Crippen LogP contribution is -2.51. The highest BCUT2D eigenvalue weighted by molar-refractivity contribution is 6.30. The quantitative estimate of drug-likeness (QED) is 0.141. The van der Waals surface area contributed by atoms with Crippen LogP contribution in [0.2, 0.25) is 5.02 Å². The first-order chi connectivity index (χ1) is 25.2. The van der Waals surface area contributed by atoms with Crippen molar-refractivity contribution in [2.75, 3.05) is 48.1 Å². The SMILES string of the molecule is COC(=O)[C@@H]1CC(COC(=O)c2cc(OC)c(OC(=O)Cc3ccc(Cl)cc3)c(OC)c2)C[C@@H]2CN3CCc4c([nH]c5cc(OC)ccc45)[C@H]3C[C@@H]21. The Morgan fingerprint density at radius 2 is 1.65 bits per heavy atom. The molecule has 11 nitrogen and oxygen atoms in total. The second-order valence-corrected chi connectivity index (χ2v) is 14.3. The maximum atomic E-state index is 13.4. The summed E-state index contributed by atoms with van der Waals surface area (Å²) in [6.45, 7) is 1.95. The van der Waals surface area contributed by atoms with Gasteiger partial charge in [0.2, 0.25) is 5.75 Å². The van der Waals surface area contributed by atoms with Crippen molar-refractivity contribution in [3.05, 3.63) is 82.0 Å². The molecule has 0 radical (unpaired) electrons. The molecule has 1 aromatic heterocycles. The highest BCUT2D eigenvalue weighted by Gasteiger charge is 2.49. The number of nitrogens with zero attached hydrogens (tertiary/aromatic N) is 1. The Morgan fingerprint density at radius 1 is 0.904 bits per heavy atom. The summed E-state index contributed by atoms with van der Waals surface area (Å²) in [5.41, 5.74) is 4.57. The lowest BCUT2D eigenvalue weighted by Gasteiger charge is -2.51. The number of esters is 3. The van der Waals surface area contributed by atoms with Gasteiger partial charge < -0.3 is 33.4 Å². The Labute approximate surface area is 307 Å². The summed E-state index contributed by atoms with van der Waals surface area (Å²) in [5.74, 6) is -0.0633. The fourth-order valence-electron chi connectivity index (χ4n) is 8.56. The molecular formula is C40H43ClN2O9. The summed E-state index contributed by atoms with van der Waals surface area (Å²) < 4.78 is 33.3. The van der Waals surface area contributed by atoms with Gasteiger partial charge in [-0.2, -0.15) is 0 Å². The van der Waals surface area contributed by atoms with Gasteiger partial charge in [0.05, 0.1) is 59.0 Å². The standard InChI is InChI=1S/C40H43ClN2O9/c1-47-27-9-10-28-29-11-12-43-20-25-13-23(14-31(40(46)50-4)30(25)19-33(43)37(29)42-32(28)18-27)21-51-39(45)24-16-34(48-2)38(35(17-24)49-3)52-36(44)15-22-5-7-26(41)8-6-22/h5-10,16-18,23,25,30-31,33,42H,11-15,19-21H2,1-4H3/t23?,25-,30+,31-,33-/m1/s1. The third-order valence-electron chi connectivity index (χ3n) is 11.0.